The molecule has 0 saturated heterocycles. The van der Waals surface area contributed by atoms with Crippen LogP contribution >= 0.6 is 11.3 Å². The van der Waals surface area contributed by atoms with E-state index in [1.165, 1.54) is 16.0 Å². The summed E-state index contributed by atoms with van der Waals surface area (Å²) in [6.45, 7) is 5.75. The van der Waals surface area contributed by atoms with Gasteiger partial charge in [-0.15, -0.1) is 11.3 Å². The first-order valence-corrected chi connectivity index (χ1v) is 7.79. The van der Waals surface area contributed by atoms with Crippen molar-refractivity contribution in [3.8, 4) is 0 Å². The lowest BCUT2D eigenvalue weighted by Crippen LogP contribution is -2.38. The van der Waals surface area contributed by atoms with Crippen LogP contribution in [0.5, 0.6) is 0 Å². The molecule has 4 nitrogen and oxygen atoms in total. The Labute approximate surface area is 130 Å². The summed E-state index contributed by atoms with van der Waals surface area (Å²) in [7, 11) is 3.86. The molecule has 0 amide bonds. The average Bonchev–Trinajstić information content (AvgIpc) is 2.88. The predicted molar refractivity (Wildman–Crippen MR) is 89.7 cm³/mol. The van der Waals surface area contributed by atoms with E-state index in [0.717, 1.165) is 17.5 Å². The molecule has 0 aliphatic carbocycles. The van der Waals surface area contributed by atoms with Gasteiger partial charge in [0, 0.05) is 31.7 Å². The number of thiazole rings is 1. The smallest absolute Gasteiger partial charge is 0.194 e. The third-order valence-corrected chi connectivity index (χ3v) is 4.22. The zero-order valence-electron chi connectivity index (χ0n) is 13.1. The van der Waals surface area contributed by atoms with E-state index in [2.05, 4.69) is 65.4 Å². The number of nitrogens with zero attached hydrogens (tertiary/aromatic N) is 3. The van der Waals surface area contributed by atoms with Crippen molar-refractivity contribution < 1.29 is 0 Å². The fourth-order valence-corrected chi connectivity index (χ4v) is 2.87. The standard InChI is InChI=1S/C16H22N4S/c1-12-7-5-6-8-14(12)11-20(4)16(17-3)19-10-15-18-9-13(2)21-15/h5-9H,10-11H2,1-4H3,(H,17,19). The minimum Gasteiger partial charge on any atom is -0.350 e. The number of aromatic nitrogens is 1. The highest BCUT2D eigenvalue weighted by atomic mass is 32.1. The SMILES string of the molecule is CN=C(NCc1ncc(C)s1)N(C)Cc1ccccc1C. The topological polar surface area (TPSA) is 40.5 Å². The van der Waals surface area contributed by atoms with Crippen LogP contribution in [0, 0.1) is 13.8 Å². The van der Waals surface area contributed by atoms with Gasteiger partial charge in [-0.3, -0.25) is 4.99 Å². The van der Waals surface area contributed by atoms with E-state index >= 15 is 0 Å². The van der Waals surface area contributed by atoms with Crippen molar-refractivity contribution in [1.29, 1.82) is 0 Å². The summed E-state index contributed by atoms with van der Waals surface area (Å²) in [5.74, 6) is 0.881. The molecular weight excluding hydrogens is 280 g/mol. The molecule has 1 aromatic heterocycles. The fraction of sp³-hybridized carbons (Fsp3) is 0.375. The Hall–Kier alpha value is -1.88. The van der Waals surface area contributed by atoms with Gasteiger partial charge in [-0.1, -0.05) is 24.3 Å². The molecule has 1 N–H and O–H groups in total. The van der Waals surface area contributed by atoms with Gasteiger partial charge in [-0.25, -0.2) is 4.98 Å². The van der Waals surface area contributed by atoms with E-state index in [0.29, 0.717) is 6.54 Å². The second-order valence-electron chi connectivity index (χ2n) is 5.05. The van der Waals surface area contributed by atoms with Gasteiger partial charge in [0.1, 0.15) is 5.01 Å². The molecule has 0 aliphatic heterocycles. The van der Waals surface area contributed by atoms with Crippen LogP contribution in [0.25, 0.3) is 0 Å². The van der Waals surface area contributed by atoms with Crippen LogP contribution in [0.4, 0.5) is 0 Å². The molecule has 0 fully saturated rings. The summed E-state index contributed by atoms with van der Waals surface area (Å²) >= 11 is 1.71. The lowest BCUT2D eigenvalue weighted by atomic mass is 10.1. The molecule has 5 heteroatoms. The summed E-state index contributed by atoms with van der Waals surface area (Å²) in [6.07, 6.45) is 1.90. The molecule has 0 radical (unpaired) electrons. The predicted octanol–water partition coefficient (Wildman–Crippen LogP) is 2.97. The van der Waals surface area contributed by atoms with Gasteiger partial charge in [0.25, 0.3) is 0 Å². The molecule has 1 aromatic carbocycles. The summed E-state index contributed by atoms with van der Waals surface area (Å²) in [5.41, 5.74) is 2.61. The fourth-order valence-electron chi connectivity index (χ4n) is 2.14. The van der Waals surface area contributed by atoms with Crippen LogP contribution in [-0.4, -0.2) is 29.9 Å². The molecule has 2 rings (SSSR count). The average molecular weight is 302 g/mol. The van der Waals surface area contributed by atoms with Gasteiger partial charge in [-0.2, -0.15) is 0 Å². The van der Waals surface area contributed by atoms with Crippen LogP contribution in [0.2, 0.25) is 0 Å². The maximum absolute atomic E-state index is 4.36. The van der Waals surface area contributed by atoms with Crippen molar-refractivity contribution >= 4 is 17.3 Å². The highest BCUT2D eigenvalue weighted by molar-refractivity contribution is 7.11. The van der Waals surface area contributed by atoms with Gasteiger partial charge < -0.3 is 10.2 Å². The van der Waals surface area contributed by atoms with Crippen molar-refractivity contribution in [2.45, 2.75) is 26.9 Å². The molecule has 112 valence electrons. The summed E-state index contributed by atoms with van der Waals surface area (Å²) in [6, 6.07) is 8.43. The van der Waals surface area contributed by atoms with Crippen molar-refractivity contribution in [2.24, 2.45) is 4.99 Å². The molecule has 1 heterocycles. The molecule has 0 bridgehead atoms. The van der Waals surface area contributed by atoms with Gasteiger partial charge in [0.15, 0.2) is 5.96 Å². The Morgan fingerprint density at radius 3 is 2.71 bits per heavy atom. The lowest BCUT2D eigenvalue weighted by Gasteiger charge is -2.22. The second kappa shape index (κ2) is 7.22. The maximum Gasteiger partial charge on any atom is 0.194 e. The van der Waals surface area contributed by atoms with Crippen LogP contribution in [0.3, 0.4) is 0 Å². The van der Waals surface area contributed by atoms with E-state index in [9.17, 15) is 0 Å². The Balaban J connectivity index is 1.96. The summed E-state index contributed by atoms with van der Waals surface area (Å²) < 4.78 is 0. The van der Waals surface area contributed by atoms with E-state index < -0.39 is 0 Å². The molecule has 0 spiro atoms. The van der Waals surface area contributed by atoms with E-state index in [1.54, 1.807) is 11.3 Å². The van der Waals surface area contributed by atoms with Crippen molar-refractivity contribution in [2.75, 3.05) is 14.1 Å². The minimum atomic E-state index is 0.712. The van der Waals surface area contributed by atoms with Crippen molar-refractivity contribution in [1.82, 2.24) is 15.2 Å². The highest BCUT2D eigenvalue weighted by Crippen LogP contribution is 2.12. The number of aryl methyl sites for hydroxylation is 2. The Kier molecular flexibility index (Phi) is 5.33. The Bertz CT molecular complexity index is 618. The summed E-state index contributed by atoms with van der Waals surface area (Å²) in [4.78, 5) is 12.1. The number of benzene rings is 1. The number of hydrogen-bond acceptors (Lipinski definition) is 3. The first kappa shape index (κ1) is 15.5. The quantitative estimate of drug-likeness (QED) is 0.697. The zero-order valence-corrected chi connectivity index (χ0v) is 13.9. The largest absolute Gasteiger partial charge is 0.350 e. The molecule has 2 aromatic rings. The van der Waals surface area contributed by atoms with Gasteiger partial charge in [0.05, 0.1) is 6.54 Å². The second-order valence-corrected chi connectivity index (χ2v) is 6.37. The van der Waals surface area contributed by atoms with Crippen LogP contribution in [0.1, 0.15) is 21.0 Å². The lowest BCUT2D eigenvalue weighted by molar-refractivity contribution is 0.475. The molecule has 0 unspecified atom stereocenters. The third-order valence-electron chi connectivity index (χ3n) is 3.31. The van der Waals surface area contributed by atoms with E-state index in [1.807, 2.05) is 13.2 Å². The monoisotopic (exact) mass is 302 g/mol. The summed E-state index contributed by atoms with van der Waals surface area (Å²) in [5, 5.41) is 4.44. The van der Waals surface area contributed by atoms with Gasteiger partial charge >= 0.3 is 0 Å². The van der Waals surface area contributed by atoms with Crippen molar-refractivity contribution in [3.05, 3.63) is 51.5 Å². The zero-order chi connectivity index (χ0) is 15.2. The van der Waals surface area contributed by atoms with Gasteiger partial charge in [-0.05, 0) is 25.0 Å². The van der Waals surface area contributed by atoms with Crippen LogP contribution in [0.15, 0.2) is 35.5 Å². The number of hydrogen-bond donors (Lipinski definition) is 1. The van der Waals surface area contributed by atoms with E-state index in [-0.39, 0.29) is 0 Å². The number of nitrogens with one attached hydrogen (secondary N) is 1. The molecular formula is C16H22N4S. The molecule has 21 heavy (non-hydrogen) atoms. The van der Waals surface area contributed by atoms with Gasteiger partial charge in [0.2, 0.25) is 0 Å². The number of aliphatic imine (C=N–C) groups is 1. The first-order chi connectivity index (χ1) is 10.1. The minimum absolute atomic E-state index is 0.712. The van der Waals surface area contributed by atoms with Crippen molar-refractivity contribution in [3.63, 3.8) is 0 Å². The Morgan fingerprint density at radius 2 is 2.10 bits per heavy atom. The van der Waals surface area contributed by atoms with Crippen LogP contribution < -0.4 is 5.32 Å². The normalized spacial score (nSPS) is 11.5. The molecule has 0 aliphatic rings. The molecule has 0 saturated carbocycles. The first-order valence-electron chi connectivity index (χ1n) is 6.97. The van der Waals surface area contributed by atoms with Crippen LogP contribution in [-0.2, 0) is 13.1 Å². The number of guanidine groups is 1. The Morgan fingerprint density at radius 1 is 1.33 bits per heavy atom. The third kappa shape index (κ3) is 4.29. The maximum atomic E-state index is 4.36. The van der Waals surface area contributed by atoms with E-state index in [4.69, 9.17) is 0 Å². The highest BCUT2D eigenvalue weighted by Gasteiger charge is 2.08. The number of rotatable bonds is 4. The molecule has 0 atom stereocenters.